The van der Waals surface area contributed by atoms with Crippen molar-refractivity contribution in [2.75, 3.05) is 7.11 Å². The van der Waals surface area contributed by atoms with Crippen LogP contribution in [0.5, 0.6) is 0 Å². The predicted octanol–water partition coefficient (Wildman–Crippen LogP) is 3.46. The van der Waals surface area contributed by atoms with Crippen molar-refractivity contribution in [3.8, 4) is 0 Å². The predicted molar refractivity (Wildman–Crippen MR) is 60.9 cm³/mol. The van der Waals surface area contributed by atoms with E-state index >= 15 is 0 Å². The SMILES string of the molecule is COC(=O)c1c(C(F)F)cnc(CBr)c1Br. The molecule has 0 saturated heterocycles. The summed E-state index contributed by atoms with van der Waals surface area (Å²) in [7, 11) is 1.14. The molecule has 88 valence electrons. The van der Waals surface area contributed by atoms with Gasteiger partial charge < -0.3 is 4.74 Å². The Morgan fingerprint density at radius 1 is 1.62 bits per heavy atom. The van der Waals surface area contributed by atoms with E-state index in [-0.39, 0.29) is 10.0 Å². The molecule has 0 atom stereocenters. The fourth-order valence-corrected chi connectivity index (χ4v) is 2.54. The molecule has 16 heavy (non-hydrogen) atoms. The second kappa shape index (κ2) is 5.67. The van der Waals surface area contributed by atoms with Gasteiger partial charge >= 0.3 is 5.97 Å². The van der Waals surface area contributed by atoms with Crippen LogP contribution >= 0.6 is 31.9 Å². The van der Waals surface area contributed by atoms with E-state index in [2.05, 4.69) is 41.6 Å². The third-order valence-corrected chi connectivity index (χ3v) is 3.26. The summed E-state index contributed by atoms with van der Waals surface area (Å²) in [6, 6.07) is 0. The average Bonchev–Trinajstić information content (AvgIpc) is 2.27. The summed E-state index contributed by atoms with van der Waals surface area (Å²) < 4.78 is 30.0. The largest absolute Gasteiger partial charge is 0.465 e. The quantitative estimate of drug-likeness (QED) is 0.613. The Morgan fingerprint density at radius 2 is 2.25 bits per heavy atom. The molecule has 1 heterocycles. The third kappa shape index (κ3) is 2.57. The molecule has 0 aliphatic carbocycles. The number of hydrogen-bond donors (Lipinski definition) is 0. The van der Waals surface area contributed by atoms with Crippen molar-refractivity contribution in [2.24, 2.45) is 0 Å². The average molecular weight is 359 g/mol. The Balaban J connectivity index is 3.42. The molecule has 0 amide bonds. The normalized spacial score (nSPS) is 10.6. The second-order valence-electron chi connectivity index (χ2n) is 2.78. The van der Waals surface area contributed by atoms with E-state index in [0.29, 0.717) is 11.0 Å². The molecular weight excluding hydrogens is 352 g/mol. The highest BCUT2D eigenvalue weighted by Gasteiger charge is 2.24. The molecule has 1 aromatic rings. The first-order valence-corrected chi connectivity index (χ1v) is 6.04. The van der Waals surface area contributed by atoms with Crippen molar-refractivity contribution in [2.45, 2.75) is 11.8 Å². The van der Waals surface area contributed by atoms with E-state index in [4.69, 9.17) is 0 Å². The summed E-state index contributed by atoms with van der Waals surface area (Å²) in [5.74, 6) is -0.813. The van der Waals surface area contributed by atoms with Gasteiger partial charge in [-0.3, -0.25) is 4.98 Å². The van der Waals surface area contributed by atoms with Crippen molar-refractivity contribution in [1.82, 2.24) is 4.98 Å². The number of halogens is 4. The Kier molecular flexibility index (Phi) is 4.79. The first kappa shape index (κ1) is 13.5. The first-order valence-electron chi connectivity index (χ1n) is 4.12. The lowest BCUT2D eigenvalue weighted by Gasteiger charge is -2.10. The number of carbonyl (C=O) groups is 1. The zero-order valence-corrected chi connectivity index (χ0v) is 11.3. The lowest BCUT2D eigenvalue weighted by Crippen LogP contribution is -2.10. The standard InChI is InChI=1S/C9H7Br2F2NO2/c1-16-9(15)6-4(8(12)13)3-14-5(2-10)7(6)11/h3,8H,2H2,1H3. The van der Waals surface area contributed by atoms with E-state index < -0.39 is 18.0 Å². The summed E-state index contributed by atoms with van der Waals surface area (Å²) in [6.45, 7) is 0. The number of aromatic nitrogens is 1. The molecule has 0 radical (unpaired) electrons. The summed E-state index contributed by atoms with van der Waals surface area (Å²) in [4.78, 5) is 15.2. The summed E-state index contributed by atoms with van der Waals surface area (Å²) in [5.41, 5.74) is -0.157. The number of methoxy groups -OCH3 is 1. The molecule has 1 aromatic heterocycles. The number of ether oxygens (including phenoxy) is 1. The van der Waals surface area contributed by atoms with Crippen molar-refractivity contribution in [3.63, 3.8) is 0 Å². The van der Waals surface area contributed by atoms with Crippen molar-refractivity contribution in [1.29, 1.82) is 0 Å². The van der Waals surface area contributed by atoms with Gasteiger partial charge in [0.1, 0.15) is 0 Å². The Labute approximate surface area is 107 Å². The van der Waals surface area contributed by atoms with Crippen LogP contribution in [-0.2, 0) is 10.1 Å². The lowest BCUT2D eigenvalue weighted by molar-refractivity contribution is 0.0587. The number of alkyl halides is 3. The lowest BCUT2D eigenvalue weighted by atomic mass is 10.1. The molecule has 1 rings (SSSR count). The smallest absolute Gasteiger partial charge is 0.339 e. The summed E-state index contributed by atoms with van der Waals surface area (Å²) in [6.07, 6.45) is -1.79. The van der Waals surface area contributed by atoms with E-state index in [1.165, 1.54) is 0 Å². The van der Waals surface area contributed by atoms with E-state index in [1.807, 2.05) is 0 Å². The molecule has 0 saturated carbocycles. The van der Waals surface area contributed by atoms with E-state index in [0.717, 1.165) is 13.3 Å². The maximum absolute atomic E-state index is 12.7. The molecule has 0 N–H and O–H groups in total. The number of hydrogen-bond acceptors (Lipinski definition) is 3. The Bertz CT molecular complexity index is 413. The minimum absolute atomic E-state index is 0.179. The third-order valence-electron chi connectivity index (χ3n) is 1.87. The molecule has 0 bridgehead atoms. The van der Waals surface area contributed by atoms with Gasteiger partial charge in [-0.05, 0) is 15.9 Å². The monoisotopic (exact) mass is 357 g/mol. The number of rotatable bonds is 3. The Hall–Kier alpha value is -0.560. The molecule has 0 spiro atoms. The molecule has 0 fully saturated rings. The summed E-state index contributed by atoms with van der Waals surface area (Å²) >= 11 is 6.22. The highest BCUT2D eigenvalue weighted by atomic mass is 79.9. The Morgan fingerprint density at radius 3 is 2.69 bits per heavy atom. The fourth-order valence-electron chi connectivity index (χ4n) is 1.11. The topological polar surface area (TPSA) is 39.2 Å². The molecule has 0 aliphatic rings. The maximum atomic E-state index is 12.7. The van der Waals surface area contributed by atoms with Crippen LogP contribution in [-0.4, -0.2) is 18.1 Å². The van der Waals surface area contributed by atoms with Crippen LogP contribution in [0.3, 0.4) is 0 Å². The zero-order chi connectivity index (χ0) is 12.3. The molecule has 0 aliphatic heterocycles. The van der Waals surface area contributed by atoms with Crippen LogP contribution in [0.25, 0.3) is 0 Å². The number of nitrogens with zero attached hydrogens (tertiary/aromatic N) is 1. The van der Waals surface area contributed by atoms with Gasteiger partial charge in [0.25, 0.3) is 6.43 Å². The highest BCUT2D eigenvalue weighted by molar-refractivity contribution is 9.10. The van der Waals surface area contributed by atoms with Gasteiger partial charge in [-0.25, -0.2) is 13.6 Å². The minimum Gasteiger partial charge on any atom is -0.465 e. The van der Waals surface area contributed by atoms with E-state index in [1.54, 1.807) is 0 Å². The van der Waals surface area contributed by atoms with Crippen LogP contribution in [0.1, 0.15) is 28.0 Å². The van der Waals surface area contributed by atoms with Crippen LogP contribution in [0, 0.1) is 0 Å². The van der Waals surface area contributed by atoms with Crippen LogP contribution in [0.2, 0.25) is 0 Å². The molecule has 0 aromatic carbocycles. The van der Waals surface area contributed by atoms with Gasteiger partial charge in [-0.1, -0.05) is 15.9 Å². The first-order chi connectivity index (χ1) is 7.52. The molecule has 0 unspecified atom stereocenters. The highest BCUT2D eigenvalue weighted by Crippen LogP contribution is 2.31. The molecule has 3 nitrogen and oxygen atoms in total. The van der Waals surface area contributed by atoms with Gasteiger partial charge in [0.05, 0.1) is 28.4 Å². The van der Waals surface area contributed by atoms with Crippen LogP contribution < -0.4 is 0 Å². The fraction of sp³-hybridized carbons (Fsp3) is 0.333. The summed E-state index contributed by atoms with van der Waals surface area (Å²) in [5, 5.41) is 0.348. The van der Waals surface area contributed by atoms with Crippen LogP contribution in [0.4, 0.5) is 8.78 Å². The van der Waals surface area contributed by atoms with Gasteiger partial charge in [0.2, 0.25) is 0 Å². The molecule has 7 heteroatoms. The van der Waals surface area contributed by atoms with Gasteiger partial charge in [-0.2, -0.15) is 0 Å². The second-order valence-corrected chi connectivity index (χ2v) is 4.13. The van der Waals surface area contributed by atoms with E-state index in [9.17, 15) is 13.6 Å². The van der Waals surface area contributed by atoms with Crippen molar-refractivity contribution in [3.05, 3.63) is 27.5 Å². The maximum Gasteiger partial charge on any atom is 0.339 e. The minimum atomic E-state index is -2.78. The van der Waals surface area contributed by atoms with Gasteiger partial charge in [0.15, 0.2) is 0 Å². The van der Waals surface area contributed by atoms with Gasteiger partial charge in [-0.15, -0.1) is 0 Å². The number of esters is 1. The zero-order valence-electron chi connectivity index (χ0n) is 8.14. The number of carbonyl (C=O) groups excluding carboxylic acids is 1. The van der Waals surface area contributed by atoms with Crippen molar-refractivity contribution < 1.29 is 18.3 Å². The van der Waals surface area contributed by atoms with Crippen molar-refractivity contribution >= 4 is 37.8 Å². The number of pyridine rings is 1. The van der Waals surface area contributed by atoms with Gasteiger partial charge in [0, 0.05) is 11.5 Å². The van der Waals surface area contributed by atoms with Crippen LogP contribution in [0.15, 0.2) is 10.7 Å². The molecular formula is C9H7Br2F2NO2.